The molecule has 0 N–H and O–H groups in total. The molecule has 0 bridgehead atoms. The Kier molecular flexibility index (Phi) is 6.72. The predicted octanol–water partition coefficient (Wildman–Crippen LogP) is 7.47. The minimum Gasteiger partial charge on any atom is -0.455 e. The minimum absolute atomic E-state index is 0.298. The van der Waals surface area contributed by atoms with E-state index < -0.39 is 11.6 Å². The van der Waals surface area contributed by atoms with Crippen molar-refractivity contribution in [1.82, 2.24) is 4.90 Å². The number of nitrogens with zero attached hydrogens (tertiary/aromatic N) is 2. The van der Waals surface area contributed by atoms with Gasteiger partial charge in [-0.2, -0.15) is 0 Å². The molecule has 5 nitrogen and oxygen atoms in total. The summed E-state index contributed by atoms with van der Waals surface area (Å²) in [6.45, 7) is 3.84. The minimum atomic E-state index is -1.07. The van der Waals surface area contributed by atoms with Crippen LogP contribution in [0.15, 0.2) is 103 Å². The maximum absolute atomic E-state index is 13.9. The Bertz CT molecular complexity index is 1440. The molecule has 0 aromatic heterocycles. The van der Waals surface area contributed by atoms with E-state index in [1.54, 1.807) is 36.9 Å². The van der Waals surface area contributed by atoms with Crippen LogP contribution in [0.3, 0.4) is 0 Å². The second kappa shape index (κ2) is 10.1. The molecule has 37 heavy (non-hydrogen) atoms. The smallest absolute Gasteiger partial charge is 0.332 e. The van der Waals surface area contributed by atoms with Crippen LogP contribution >= 0.6 is 11.6 Å². The van der Waals surface area contributed by atoms with Crippen molar-refractivity contribution in [3.63, 3.8) is 0 Å². The molecular weight excluding hydrogens is 484 g/mol. The largest absolute Gasteiger partial charge is 0.455 e. The molecule has 0 saturated carbocycles. The number of benzene rings is 4. The van der Waals surface area contributed by atoms with Crippen LogP contribution in [0.5, 0.6) is 11.5 Å². The fourth-order valence-corrected chi connectivity index (χ4v) is 4.72. The summed E-state index contributed by atoms with van der Waals surface area (Å²) in [5.74, 6) is 0.633. The van der Waals surface area contributed by atoms with Crippen LogP contribution in [0.4, 0.5) is 10.5 Å². The quantitative estimate of drug-likeness (QED) is 0.242. The highest BCUT2D eigenvalue weighted by atomic mass is 35.5. The van der Waals surface area contributed by atoms with Crippen molar-refractivity contribution in [3.05, 3.63) is 125 Å². The van der Waals surface area contributed by atoms with E-state index in [-0.39, 0.29) is 5.91 Å². The molecule has 1 aliphatic heterocycles. The lowest BCUT2D eigenvalue weighted by atomic mass is 9.97. The van der Waals surface area contributed by atoms with Crippen LogP contribution in [0.1, 0.15) is 30.5 Å². The van der Waals surface area contributed by atoms with Crippen molar-refractivity contribution in [1.29, 1.82) is 0 Å². The van der Waals surface area contributed by atoms with Gasteiger partial charge in [0.25, 0.3) is 5.91 Å². The van der Waals surface area contributed by atoms with E-state index in [2.05, 4.69) is 18.2 Å². The maximum atomic E-state index is 13.9. The Morgan fingerprint density at radius 1 is 0.784 bits per heavy atom. The van der Waals surface area contributed by atoms with Gasteiger partial charge in [-0.15, -0.1) is 0 Å². The fourth-order valence-electron chi connectivity index (χ4n) is 4.55. The summed E-state index contributed by atoms with van der Waals surface area (Å²) in [6.07, 6.45) is 0.737. The second-order valence-electron chi connectivity index (χ2n) is 9.53. The number of hydrogen-bond donors (Lipinski definition) is 0. The summed E-state index contributed by atoms with van der Waals surface area (Å²) in [5.41, 5.74) is 2.54. The number of carbonyl (C=O) groups is 2. The summed E-state index contributed by atoms with van der Waals surface area (Å²) in [5, 5.41) is 0.403. The van der Waals surface area contributed by atoms with E-state index in [1.807, 2.05) is 66.7 Å². The summed E-state index contributed by atoms with van der Waals surface area (Å²) in [4.78, 5) is 30.4. The van der Waals surface area contributed by atoms with Gasteiger partial charge < -0.3 is 9.64 Å². The number of carbonyl (C=O) groups excluding carboxylic acids is 2. The van der Waals surface area contributed by atoms with Gasteiger partial charge in [0.15, 0.2) is 5.75 Å². The number of anilines is 1. The van der Waals surface area contributed by atoms with Gasteiger partial charge in [-0.1, -0.05) is 84.4 Å². The number of hydrogen-bond acceptors (Lipinski definition) is 3. The van der Waals surface area contributed by atoms with E-state index >= 15 is 0 Å². The van der Waals surface area contributed by atoms with Crippen molar-refractivity contribution in [2.45, 2.75) is 32.4 Å². The van der Waals surface area contributed by atoms with Gasteiger partial charge in [0.2, 0.25) is 0 Å². The molecule has 186 valence electrons. The van der Waals surface area contributed by atoms with Gasteiger partial charge in [-0.05, 0) is 67.3 Å². The van der Waals surface area contributed by atoms with E-state index in [0.29, 0.717) is 28.8 Å². The lowest BCUT2D eigenvalue weighted by Gasteiger charge is -2.28. The molecule has 0 radical (unpaired) electrons. The zero-order valence-electron chi connectivity index (χ0n) is 20.7. The molecule has 5 rings (SSSR count). The summed E-state index contributed by atoms with van der Waals surface area (Å²) in [7, 11) is 0. The molecule has 0 atom stereocenters. The molecular formula is C31H27ClN2O3. The van der Waals surface area contributed by atoms with E-state index in [4.69, 9.17) is 16.3 Å². The molecule has 6 heteroatoms. The normalized spacial score (nSPS) is 14.8. The van der Waals surface area contributed by atoms with Gasteiger partial charge in [-0.3, -0.25) is 4.79 Å². The molecule has 1 fully saturated rings. The first kappa shape index (κ1) is 24.6. The van der Waals surface area contributed by atoms with Crippen LogP contribution in [0.2, 0.25) is 5.02 Å². The number of urea groups is 1. The highest BCUT2D eigenvalue weighted by Gasteiger charge is 2.52. The van der Waals surface area contributed by atoms with Crippen LogP contribution in [-0.2, 0) is 17.8 Å². The fraction of sp³-hybridized carbons (Fsp3) is 0.161. The third kappa shape index (κ3) is 4.95. The predicted molar refractivity (Wildman–Crippen MR) is 146 cm³/mol. The molecule has 1 heterocycles. The molecule has 1 saturated heterocycles. The Labute approximate surface area is 221 Å². The topological polar surface area (TPSA) is 49.9 Å². The summed E-state index contributed by atoms with van der Waals surface area (Å²) >= 11 is 6.31. The monoisotopic (exact) mass is 510 g/mol. The van der Waals surface area contributed by atoms with Gasteiger partial charge >= 0.3 is 6.03 Å². The number of rotatable bonds is 7. The zero-order chi connectivity index (χ0) is 26.0. The SMILES string of the molecule is CC1(C)C(=O)N(c2cc(Cl)ccc2Oc2ccccc2)C(=O)N1Cc1ccccc1Cc1ccccc1. The molecule has 3 amide bonds. The average molecular weight is 511 g/mol. The lowest BCUT2D eigenvalue weighted by Crippen LogP contribution is -2.43. The maximum Gasteiger partial charge on any atom is 0.332 e. The Morgan fingerprint density at radius 3 is 2.11 bits per heavy atom. The van der Waals surface area contributed by atoms with Crippen molar-refractivity contribution in [3.8, 4) is 11.5 Å². The average Bonchev–Trinajstić information content (AvgIpc) is 3.06. The highest BCUT2D eigenvalue weighted by Crippen LogP contribution is 2.41. The highest BCUT2D eigenvalue weighted by molar-refractivity contribution is 6.31. The van der Waals surface area contributed by atoms with Crippen LogP contribution < -0.4 is 9.64 Å². The van der Waals surface area contributed by atoms with Crippen molar-refractivity contribution in [2.24, 2.45) is 0 Å². The third-order valence-corrected chi connectivity index (χ3v) is 6.88. The number of para-hydroxylation sites is 1. The lowest BCUT2D eigenvalue weighted by molar-refractivity contribution is -0.123. The third-order valence-electron chi connectivity index (χ3n) is 6.64. The number of amides is 3. The molecule has 4 aromatic carbocycles. The molecule has 0 aliphatic carbocycles. The molecule has 4 aromatic rings. The van der Waals surface area contributed by atoms with E-state index in [0.717, 1.165) is 17.5 Å². The summed E-state index contributed by atoms with van der Waals surface area (Å²) < 4.78 is 6.06. The second-order valence-corrected chi connectivity index (χ2v) is 9.96. The van der Waals surface area contributed by atoms with Gasteiger partial charge in [0, 0.05) is 11.6 Å². The van der Waals surface area contributed by atoms with Crippen molar-refractivity contribution >= 4 is 29.2 Å². The van der Waals surface area contributed by atoms with Crippen LogP contribution in [0, 0.1) is 0 Å². The van der Waals surface area contributed by atoms with Crippen molar-refractivity contribution < 1.29 is 14.3 Å². The van der Waals surface area contributed by atoms with Gasteiger partial charge in [0.05, 0.1) is 5.69 Å². The standard InChI is InChI=1S/C31H27ClN2O3/c1-31(2)29(35)34(27-20-25(32)17-18-28(27)37-26-15-7-4-8-16-26)30(36)33(31)21-24-14-10-9-13-23(24)19-22-11-5-3-6-12-22/h3-18,20H,19,21H2,1-2H3. The first-order chi connectivity index (χ1) is 17.8. The molecule has 0 spiro atoms. The van der Waals surface area contributed by atoms with Crippen LogP contribution in [0.25, 0.3) is 0 Å². The van der Waals surface area contributed by atoms with Crippen LogP contribution in [-0.4, -0.2) is 22.4 Å². The summed E-state index contributed by atoms with van der Waals surface area (Å²) in [6, 6.07) is 32.0. The zero-order valence-corrected chi connectivity index (χ0v) is 21.5. The number of imide groups is 1. The van der Waals surface area contributed by atoms with Gasteiger partial charge in [0.1, 0.15) is 11.3 Å². The van der Waals surface area contributed by atoms with Crippen molar-refractivity contribution in [2.75, 3.05) is 4.90 Å². The van der Waals surface area contributed by atoms with Gasteiger partial charge in [-0.25, -0.2) is 9.69 Å². The van der Waals surface area contributed by atoms with E-state index in [1.165, 1.54) is 10.5 Å². The Hall–Kier alpha value is -4.09. The number of halogens is 1. The molecule has 1 aliphatic rings. The first-order valence-electron chi connectivity index (χ1n) is 12.1. The molecule has 0 unspecified atom stereocenters. The number of ether oxygens (including phenoxy) is 1. The Balaban J connectivity index is 1.48. The Morgan fingerprint density at radius 2 is 1.41 bits per heavy atom. The van der Waals surface area contributed by atoms with E-state index in [9.17, 15) is 9.59 Å². The first-order valence-corrected chi connectivity index (χ1v) is 12.5.